The highest BCUT2D eigenvalue weighted by Crippen LogP contribution is 2.27. The smallest absolute Gasteiger partial charge is 0.119 e. The molecule has 2 rings (SSSR count). The normalized spacial score (nSPS) is 12.2. The fraction of sp³-hybridized carbons (Fsp3) is 0.294. The Bertz CT molecular complexity index is 583. The van der Waals surface area contributed by atoms with Crippen LogP contribution in [0.15, 0.2) is 46.9 Å². The van der Waals surface area contributed by atoms with Crippen molar-refractivity contribution in [2.24, 2.45) is 0 Å². The summed E-state index contributed by atoms with van der Waals surface area (Å²) in [7, 11) is 3.70. The van der Waals surface area contributed by atoms with Crippen molar-refractivity contribution in [2.75, 3.05) is 14.2 Å². The highest BCUT2D eigenvalue weighted by atomic mass is 79.9. The van der Waals surface area contributed by atoms with Gasteiger partial charge in [0.15, 0.2) is 0 Å². The Balaban J connectivity index is 2.23. The van der Waals surface area contributed by atoms with Gasteiger partial charge in [0, 0.05) is 10.5 Å². The monoisotopic (exact) mass is 333 g/mol. The number of hydrogen-bond donors (Lipinski definition) is 1. The van der Waals surface area contributed by atoms with Crippen LogP contribution in [0.4, 0.5) is 0 Å². The van der Waals surface area contributed by atoms with Gasteiger partial charge >= 0.3 is 0 Å². The number of benzene rings is 2. The number of methoxy groups -OCH3 is 1. The minimum atomic E-state index is 0.275. The van der Waals surface area contributed by atoms with Crippen molar-refractivity contribution in [1.29, 1.82) is 0 Å². The molecule has 0 saturated carbocycles. The Morgan fingerprint density at radius 2 is 2.00 bits per heavy atom. The van der Waals surface area contributed by atoms with Gasteiger partial charge in [0.05, 0.1) is 7.11 Å². The van der Waals surface area contributed by atoms with Crippen LogP contribution in [0.3, 0.4) is 0 Å². The lowest BCUT2D eigenvalue weighted by Gasteiger charge is -2.19. The summed E-state index contributed by atoms with van der Waals surface area (Å²) in [6, 6.07) is 15.0. The van der Waals surface area contributed by atoms with Crippen molar-refractivity contribution in [3.8, 4) is 5.75 Å². The molecule has 0 heterocycles. The highest BCUT2D eigenvalue weighted by Gasteiger charge is 2.13. The molecular formula is C17H20BrNO. The SMILES string of the molecule is CNC(Cc1cccc(OC)c1)c1ccc(C)cc1Br. The quantitative estimate of drug-likeness (QED) is 0.882. The second-order valence-corrected chi connectivity index (χ2v) is 5.78. The first-order chi connectivity index (χ1) is 9.63. The number of likely N-dealkylation sites (N-methyl/N-ethyl adjacent to an activating group) is 1. The number of nitrogens with one attached hydrogen (secondary N) is 1. The molecule has 3 heteroatoms. The van der Waals surface area contributed by atoms with Crippen molar-refractivity contribution >= 4 is 15.9 Å². The summed E-state index contributed by atoms with van der Waals surface area (Å²) in [5.41, 5.74) is 3.80. The first-order valence-electron chi connectivity index (χ1n) is 6.70. The fourth-order valence-electron chi connectivity index (χ4n) is 2.32. The van der Waals surface area contributed by atoms with E-state index in [4.69, 9.17) is 4.74 Å². The zero-order chi connectivity index (χ0) is 14.5. The van der Waals surface area contributed by atoms with E-state index in [2.05, 4.69) is 58.5 Å². The minimum Gasteiger partial charge on any atom is -0.497 e. The summed E-state index contributed by atoms with van der Waals surface area (Å²) in [5.74, 6) is 0.903. The summed E-state index contributed by atoms with van der Waals surface area (Å²) >= 11 is 3.67. The maximum absolute atomic E-state index is 5.29. The average molecular weight is 334 g/mol. The van der Waals surface area contributed by atoms with Gasteiger partial charge in [0.25, 0.3) is 0 Å². The van der Waals surface area contributed by atoms with Gasteiger partial charge in [0.2, 0.25) is 0 Å². The molecule has 2 aromatic carbocycles. The summed E-state index contributed by atoms with van der Waals surface area (Å²) < 4.78 is 6.44. The van der Waals surface area contributed by atoms with Crippen molar-refractivity contribution in [3.05, 3.63) is 63.6 Å². The van der Waals surface area contributed by atoms with E-state index in [-0.39, 0.29) is 6.04 Å². The van der Waals surface area contributed by atoms with Crippen LogP contribution in [-0.2, 0) is 6.42 Å². The second kappa shape index (κ2) is 6.91. The molecule has 1 unspecified atom stereocenters. The molecule has 0 aliphatic rings. The van der Waals surface area contributed by atoms with Crippen LogP contribution in [-0.4, -0.2) is 14.2 Å². The molecule has 1 N–H and O–H groups in total. The first kappa shape index (κ1) is 15.1. The van der Waals surface area contributed by atoms with Crippen LogP contribution < -0.4 is 10.1 Å². The van der Waals surface area contributed by atoms with Crippen molar-refractivity contribution in [2.45, 2.75) is 19.4 Å². The topological polar surface area (TPSA) is 21.3 Å². The van der Waals surface area contributed by atoms with Crippen LogP contribution in [0, 0.1) is 6.92 Å². The number of rotatable bonds is 5. The minimum absolute atomic E-state index is 0.275. The Kier molecular flexibility index (Phi) is 5.21. The molecule has 0 spiro atoms. The zero-order valence-corrected chi connectivity index (χ0v) is 13.7. The van der Waals surface area contributed by atoms with Crippen LogP contribution in [0.1, 0.15) is 22.7 Å². The summed E-state index contributed by atoms with van der Waals surface area (Å²) in [4.78, 5) is 0. The maximum atomic E-state index is 5.29. The summed E-state index contributed by atoms with van der Waals surface area (Å²) in [5, 5.41) is 3.39. The van der Waals surface area contributed by atoms with Crippen molar-refractivity contribution in [1.82, 2.24) is 5.32 Å². The largest absolute Gasteiger partial charge is 0.497 e. The molecular weight excluding hydrogens is 314 g/mol. The van der Waals surface area contributed by atoms with Gasteiger partial charge in [0.1, 0.15) is 5.75 Å². The first-order valence-corrected chi connectivity index (χ1v) is 7.49. The predicted octanol–water partition coefficient (Wildman–Crippen LogP) is 4.27. The van der Waals surface area contributed by atoms with Crippen LogP contribution >= 0.6 is 15.9 Å². The van der Waals surface area contributed by atoms with E-state index >= 15 is 0 Å². The van der Waals surface area contributed by atoms with E-state index in [1.165, 1.54) is 16.7 Å². The van der Waals surface area contributed by atoms with E-state index in [9.17, 15) is 0 Å². The maximum Gasteiger partial charge on any atom is 0.119 e. The van der Waals surface area contributed by atoms with E-state index in [1.54, 1.807) is 7.11 Å². The molecule has 0 aromatic heterocycles. The molecule has 0 aliphatic heterocycles. The van der Waals surface area contributed by atoms with E-state index < -0.39 is 0 Å². The van der Waals surface area contributed by atoms with Crippen LogP contribution in [0.2, 0.25) is 0 Å². The molecule has 0 saturated heterocycles. The third kappa shape index (κ3) is 3.62. The lowest BCUT2D eigenvalue weighted by Crippen LogP contribution is -2.19. The van der Waals surface area contributed by atoms with E-state index in [0.717, 1.165) is 16.6 Å². The van der Waals surface area contributed by atoms with Gasteiger partial charge in [-0.2, -0.15) is 0 Å². The fourth-order valence-corrected chi connectivity index (χ4v) is 3.09. The third-order valence-electron chi connectivity index (χ3n) is 3.45. The van der Waals surface area contributed by atoms with Gasteiger partial charge in [-0.3, -0.25) is 0 Å². The van der Waals surface area contributed by atoms with Gasteiger partial charge in [-0.1, -0.05) is 40.2 Å². The number of hydrogen-bond acceptors (Lipinski definition) is 2. The Hall–Kier alpha value is -1.32. The number of aryl methyl sites for hydroxylation is 1. The summed E-state index contributed by atoms with van der Waals surface area (Å²) in [6.07, 6.45) is 0.926. The van der Waals surface area contributed by atoms with Gasteiger partial charge < -0.3 is 10.1 Å². The second-order valence-electron chi connectivity index (χ2n) is 4.92. The molecule has 0 aliphatic carbocycles. The van der Waals surface area contributed by atoms with Crippen molar-refractivity contribution < 1.29 is 4.74 Å². The molecule has 2 nitrogen and oxygen atoms in total. The molecule has 2 aromatic rings. The standard InChI is InChI=1S/C17H20BrNO/c1-12-7-8-15(16(18)9-12)17(19-2)11-13-5-4-6-14(10-13)20-3/h4-10,17,19H,11H2,1-3H3. The average Bonchev–Trinajstić information content (AvgIpc) is 2.45. The molecule has 0 radical (unpaired) electrons. The van der Waals surface area contributed by atoms with Crippen molar-refractivity contribution in [3.63, 3.8) is 0 Å². The Morgan fingerprint density at radius 1 is 1.20 bits per heavy atom. The highest BCUT2D eigenvalue weighted by molar-refractivity contribution is 9.10. The van der Waals surface area contributed by atoms with Crippen LogP contribution in [0.25, 0.3) is 0 Å². The van der Waals surface area contributed by atoms with Crippen LogP contribution in [0.5, 0.6) is 5.75 Å². The van der Waals surface area contributed by atoms with E-state index in [0.29, 0.717) is 0 Å². The zero-order valence-electron chi connectivity index (χ0n) is 12.1. The molecule has 0 amide bonds. The number of ether oxygens (including phenoxy) is 1. The Morgan fingerprint density at radius 3 is 2.65 bits per heavy atom. The Labute approximate surface area is 129 Å². The van der Waals surface area contributed by atoms with Gasteiger partial charge in [-0.25, -0.2) is 0 Å². The predicted molar refractivity (Wildman–Crippen MR) is 87.4 cm³/mol. The lowest BCUT2D eigenvalue weighted by molar-refractivity contribution is 0.414. The molecule has 1 atom stereocenters. The summed E-state index contributed by atoms with van der Waals surface area (Å²) in [6.45, 7) is 2.10. The van der Waals surface area contributed by atoms with Gasteiger partial charge in [-0.05, 0) is 55.3 Å². The third-order valence-corrected chi connectivity index (χ3v) is 4.14. The number of halogens is 1. The lowest BCUT2D eigenvalue weighted by atomic mass is 9.98. The van der Waals surface area contributed by atoms with Gasteiger partial charge in [-0.15, -0.1) is 0 Å². The molecule has 106 valence electrons. The van der Waals surface area contributed by atoms with E-state index in [1.807, 2.05) is 19.2 Å². The molecule has 0 fully saturated rings. The molecule has 0 bridgehead atoms. The molecule has 20 heavy (non-hydrogen) atoms.